The third kappa shape index (κ3) is 3.92. The lowest BCUT2D eigenvalue weighted by atomic mass is 9.96. The Morgan fingerprint density at radius 2 is 2.29 bits per heavy atom. The van der Waals surface area contributed by atoms with E-state index in [0.717, 1.165) is 32.2 Å². The summed E-state index contributed by atoms with van der Waals surface area (Å²) in [6, 6.07) is 0.295. The first kappa shape index (κ1) is 14.4. The maximum atomic E-state index is 11.9. The number of carbonyl (C=O) groups is 1. The molecule has 0 aromatic carbocycles. The van der Waals surface area contributed by atoms with E-state index in [2.05, 4.69) is 17.1 Å². The number of hydrogen-bond acceptors (Lipinski definition) is 3. The molecule has 4 nitrogen and oxygen atoms in total. The number of nitrogens with two attached hydrogens (primary N) is 1. The SMILES string of the molecule is CCC(CC(N)=S)N1CCCCC1C(=O)NC. The van der Waals surface area contributed by atoms with E-state index in [9.17, 15) is 4.79 Å². The van der Waals surface area contributed by atoms with Crippen molar-refractivity contribution in [3.63, 3.8) is 0 Å². The van der Waals surface area contributed by atoms with E-state index < -0.39 is 0 Å². The molecule has 2 atom stereocenters. The normalized spacial score (nSPS) is 23.1. The molecule has 0 spiro atoms. The Labute approximate surface area is 109 Å². The number of likely N-dealkylation sites (tertiary alicyclic amines) is 1. The van der Waals surface area contributed by atoms with Crippen molar-refractivity contribution in [2.24, 2.45) is 5.73 Å². The average Bonchev–Trinajstić information content (AvgIpc) is 2.34. The minimum absolute atomic E-state index is 0.00644. The van der Waals surface area contributed by atoms with E-state index in [0.29, 0.717) is 17.5 Å². The molecule has 0 aliphatic carbocycles. The fourth-order valence-electron chi connectivity index (χ4n) is 2.57. The van der Waals surface area contributed by atoms with E-state index >= 15 is 0 Å². The van der Waals surface area contributed by atoms with Gasteiger partial charge in [-0.25, -0.2) is 0 Å². The zero-order chi connectivity index (χ0) is 12.8. The summed E-state index contributed by atoms with van der Waals surface area (Å²) in [6.07, 6.45) is 4.90. The van der Waals surface area contributed by atoms with Gasteiger partial charge in [0, 0.05) is 19.5 Å². The van der Waals surface area contributed by atoms with Crippen molar-refractivity contribution in [2.75, 3.05) is 13.6 Å². The maximum Gasteiger partial charge on any atom is 0.237 e. The van der Waals surface area contributed by atoms with Crippen LogP contribution in [0.2, 0.25) is 0 Å². The van der Waals surface area contributed by atoms with Crippen LogP contribution in [0.15, 0.2) is 0 Å². The van der Waals surface area contributed by atoms with Gasteiger partial charge in [-0.15, -0.1) is 0 Å². The molecule has 1 fully saturated rings. The standard InChI is InChI=1S/C12H23N3OS/c1-3-9(8-11(13)17)15-7-5-4-6-10(15)12(16)14-2/h9-10H,3-8H2,1-2H3,(H2,13,17)(H,14,16). The van der Waals surface area contributed by atoms with Gasteiger partial charge in [-0.05, 0) is 25.8 Å². The van der Waals surface area contributed by atoms with Gasteiger partial charge in [-0.1, -0.05) is 25.6 Å². The summed E-state index contributed by atoms with van der Waals surface area (Å²) < 4.78 is 0. The summed E-state index contributed by atoms with van der Waals surface area (Å²) in [4.78, 5) is 14.7. The van der Waals surface area contributed by atoms with Crippen LogP contribution in [0.1, 0.15) is 39.0 Å². The first-order valence-corrected chi connectivity index (χ1v) is 6.76. The van der Waals surface area contributed by atoms with Crippen LogP contribution in [0.5, 0.6) is 0 Å². The van der Waals surface area contributed by atoms with Gasteiger partial charge in [-0.2, -0.15) is 0 Å². The quantitative estimate of drug-likeness (QED) is 0.723. The van der Waals surface area contributed by atoms with Crippen LogP contribution in [0.4, 0.5) is 0 Å². The summed E-state index contributed by atoms with van der Waals surface area (Å²) in [5, 5.41) is 2.75. The molecular weight excluding hydrogens is 234 g/mol. The third-order valence-electron chi connectivity index (χ3n) is 3.47. The first-order chi connectivity index (χ1) is 8.10. The van der Waals surface area contributed by atoms with Gasteiger partial charge in [-0.3, -0.25) is 9.69 Å². The molecule has 1 saturated heterocycles. The number of piperidine rings is 1. The molecule has 1 aliphatic rings. The Morgan fingerprint density at radius 1 is 1.59 bits per heavy atom. The average molecular weight is 257 g/mol. The first-order valence-electron chi connectivity index (χ1n) is 6.35. The molecule has 1 rings (SSSR count). The van der Waals surface area contributed by atoms with E-state index in [1.54, 1.807) is 7.05 Å². The van der Waals surface area contributed by atoms with Crippen molar-refractivity contribution < 1.29 is 4.79 Å². The molecule has 1 aliphatic heterocycles. The zero-order valence-corrected chi connectivity index (χ0v) is 11.6. The Balaban J connectivity index is 2.74. The molecule has 3 N–H and O–H groups in total. The molecular formula is C12H23N3OS. The van der Waals surface area contributed by atoms with E-state index in [1.165, 1.54) is 0 Å². The van der Waals surface area contributed by atoms with Crippen LogP contribution >= 0.6 is 12.2 Å². The lowest BCUT2D eigenvalue weighted by Crippen LogP contribution is -2.53. The van der Waals surface area contributed by atoms with Crippen molar-refractivity contribution in [1.29, 1.82) is 0 Å². The number of rotatable bonds is 5. The molecule has 0 aromatic heterocycles. The van der Waals surface area contributed by atoms with Crippen molar-refractivity contribution in [1.82, 2.24) is 10.2 Å². The zero-order valence-electron chi connectivity index (χ0n) is 10.7. The van der Waals surface area contributed by atoms with E-state index in [4.69, 9.17) is 18.0 Å². The van der Waals surface area contributed by atoms with Gasteiger partial charge in [0.25, 0.3) is 0 Å². The Hall–Kier alpha value is -0.680. The second-order valence-corrected chi connectivity index (χ2v) is 5.12. The summed E-state index contributed by atoms with van der Waals surface area (Å²) >= 11 is 4.99. The molecule has 17 heavy (non-hydrogen) atoms. The van der Waals surface area contributed by atoms with Gasteiger partial charge in [0.2, 0.25) is 5.91 Å². The molecule has 98 valence electrons. The third-order valence-corrected chi connectivity index (χ3v) is 3.64. The minimum Gasteiger partial charge on any atom is -0.393 e. The highest BCUT2D eigenvalue weighted by Crippen LogP contribution is 2.22. The maximum absolute atomic E-state index is 11.9. The second kappa shape index (κ2) is 6.91. The van der Waals surface area contributed by atoms with Crippen LogP contribution in [-0.2, 0) is 4.79 Å². The predicted octanol–water partition coefficient (Wildman–Crippen LogP) is 1.04. The molecule has 0 aromatic rings. The van der Waals surface area contributed by atoms with Gasteiger partial charge < -0.3 is 11.1 Å². The smallest absolute Gasteiger partial charge is 0.237 e. The molecule has 5 heteroatoms. The predicted molar refractivity (Wildman–Crippen MR) is 73.9 cm³/mol. The monoisotopic (exact) mass is 257 g/mol. The minimum atomic E-state index is -0.00644. The van der Waals surface area contributed by atoms with Crippen LogP contribution in [-0.4, -0.2) is 41.5 Å². The lowest BCUT2D eigenvalue weighted by Gasteiger charge is -2.39. The topological polar surface area (TPSA) is 58.4 Å². The number of thiocarbonyl (C=S) groups is 1. The fraction of sp³-hybridized carbons (Fsp3) is 0.833. The fourth-order valence-corrected chi connectivity index (χ4v) is 2.76. The summed E-state index contributed by atoms with van der Waals surface area (Å²) in [5.41, 5.74) is 5.63. The van der Waals surface area contributed by atoms with Gasteiger partial charge in [0.1, 0.15) is 0 Å². The molecule has 1 heterocycles. The number of hydrogen-bond donors (Lipinski definition) is 2. The Bertz CT molecular complexity index is 283. The molecule has 1 amide bonds. The van der Waals surface area contributed by atoms with Crippen molar-refractivity contribution >= 4 is 23.1 Å². The highest BCUT2D eigenvalue weighted by Gasteiger charge is 2.32. The highest BCUT2D eigenvalue weighted by molar-refractivity contribution is 7.80. The highest BCUT2D eigenvalue weighted by atomic mass is 32.1. The molecule has 0 bridgehead atoms. The van der Waals surface area contributed by atoms with Gasteiger partial charge in [0.15, 0.2) is 0 Å². The van der Waals surface area contributed by atoms with Gasteiger partial charge >= 0.3 is 0 Å². The Morgan fingerprint density at radius 3 is 2.82 bits per heavy atom. The van der Waals surface area contributed by atoms with Crippen LogP contribution in [0.3, 0.4) is 0 Å². The number of likely N-dealkylation sites (N-methyl/N-ethyl adjacent to an activating group) is 1. The number of carbonyl (C=O) groups excluding carboxylic acids is 1. The van der Waals surface area contributed by atoms with Gasteiger partial charge in [0.05, 0.1) is 11.0 Å². The van der Waals surface area contributed by atoms with Crippen LogP contribution < -0.4 is 11.1 Å². The number of nitrogens with one attached hydrogen (secondary N) is 1. The number of nitrogens with zero attached hydrogens (tertiary/aromatic N) is 1. The largest absolute Gasteiger partial charge is 0.393 e. The van der Waals surface area contributed by atoms with Crippen molar-refractivity contribution in [2.45, 2.75) is 51.1 Å². The van der Waals surface area contributed by atoms with Crippen LogP contribution in [0.25, 0.3) is 0 Å². The second-order valence-electron chi connectivity index (χ2n) is 4.60. The molecule has 2 unspecified atom stereocenters. The molecule has 0 saturated carbocycles. The van der Waals surface area contributed by atoms with Crippen LogP contribution in [0, 0.1) is 0 Å². The summed E-state index contributed by atoms with van der Waals surface area (Å²) in [5.74, 6) is 0.117. The van der Waals surface area contributed by atoms with Crippen molar-refractivity contribution in [3.8, 4) is 0 Å². The molecule has 0 radical (unpaired) electrons. The number of amides is 1. The summed E-state index contributed by atoms with van der Waals surface area (Å²) in [6.45, 7) is 3.09. The summed E-state index contributed by atoms with van der Waals surface area (Å²) in [7, 11) is 1.70. The van der Waals surface area contributed by atoms with E-state index in [-0.39, 0.29) is 11.9 Å². The van der Waals surface area contributed by atoms with Crippen molar-refractivity contribution in [3.05, 3.63) is 0 Å². The van der Waals surface area contributed by atoms with E-state index in [1.807, 2.05) is 0 Å². The Kier molecular flexibility index (Phi) is 5.85. The lowest BCUT2D eigenvalue weighted by molar-refractivity contribution is -0.128.